The van der Waals surface area contributed by atoms with Gasteiger partial charge in [-0.05, 0) is 43.4 Å². The Kier molecular flexibility index (Phi) is 6.03. The van der Waals surface area contributed by atoms with E-state index in [0.717, 1.165) is 12.1 Å². The van der Waals surface area contributed by atoms with Crippen LogP contribution in [0.4, 0.5) is 5.69 Å². The highest BCUT2D eigenvalue weighted by Gasteiger charge is 2.29. The molecule has 0 spiro atoms. The molecular weight excluding hydrogens is 236 g/mol. The number of carbonyl (C=O) groups excluding carboxylic acids is 1. The van der Waals surface area contributed by atoms with Crippen LogP contribution in [0.5, 0.6) is 0 Å². The van der Waals surface area contributed by atoms with Crippen molar-refractivity contribution in [3.63, 3.8) is 0 Å². The van der Waals surface area contributed by atoms with Crippen LogP contribution < -0.4 is 11.1 Å². The molecule has 0 aromatic heterocycles. The van der Waals surface area contributed by atoms with E-state index in [1.54, 1.807) is 0 Å². The largest absolute Gasteiger partial charge is 0.324 e. The van der Waals surface area contributed by atoms with Crippen LogP contribution in [0.25, 0.3) is 0 Å². The molecule has 3 heteroatoms. The molecule has 1 aromatic carbocycles. The highest BCUT2D eigenvalue weighted by Crippen LogP contribution is 2.17. The van der Waals surface area contributed by atoms with Crippen LogP contribution in [-0.4, -0.2) is 11.4 Å². The summed E-state index contributed by atoms with van der Waals surface area (Å²) in [7, 11) is 0. The zero-order valence-electron chi connectivity index (χ0n) is 12.3. The first-order valence-electron chi connectivity index (χ1n) is 7.25. The van der Waals surface area contributed by atoms with Gasteiger partial charge in [0.25, 0.3) is 0 Å². The summed E-state index contributed by atoms with van der Waals surface area (Å²) in [5, 5.41) is 2.90. The lowest BCUT2D eigenvalue weighted by atomic mass is 9.93. The molecule has 0 saturated carbocycles. The number of hydrogen-bond donors (Lipinski definition) is 2. The fourth-order valence-electron chi connectivity index (χ4n) is 1.96. The van der Waals surface area contributed by atoms with Gasteiger partial charge < -0.3 is 11.1 Å². The van der Waals surface area contributed by atoms with E-state index >= 15 is 0 Å². The molecule has 0 bridgehead atoms. The average molecular weight is 262 g/mol. The van der Waals surface area contributed by atoms with Gasteiger partial charge in [-0.3, -0.25) is 4.79 Å². The maximum absolute atomic E-state index is 12.1. The summed E-state index contributed by atoms with van der Waals surface area (Å²) in [5.74, 6) is -0.0983. The van der Waals surface area contributed by atoms with Gasteiger partial charge in [0.1, 0.15) is 0 Å². The lowest BCUT2D eigenvalue weighted by molar-refractivity contribution is -0.121. The second kappa shape index (κ2) is 7.29. The molecule has 0 unspecified atom stereocenters. The van der Waals surface area contributed by atoms with Gasteiger partial charge in [0, 0.05) is 5.69 Å². The van der Waals surface area contributed by atoms with Crippen LogP contribution in [0.15, 0.2) is 24.3 Å². The Morgan fingerprint density at radius 2 is 1.74 bits per heavy atom. The molecule has 0 atom stereocenters. The first kappa shape index (κ1) is 15.7. The molecule has 0 aliphatic rings. The summed E-state index contributed by atoms with van der Waals surface area (Å²) in [4.78, 5) is 12.1. The number of rotatable bonds is 7. The van der Waals surface area contributed by atoms with Crippen molar-refractivity contribution in [3.8, 4) is 0 Å². The molecule has 0 radical (unpaired) electrons. The quantitative estimate of drug-likeness (QED) is 0.790. The molecule has 3 N–H and O–H groups in total. The van der Waals surface area contributed by atoms with Crippen molar-refractivity contribution in [1.82, 2.24) is 0 Å². The van der Waals surface area contributed by atoms with Gasteiger partial charge in [0.2, 0.25) is 5.91 Å². The number of nitrogens with one attached hydrogen (secondary N) is 1. The van der Waals surface area contributed by atoms with Crippen LogP contribution >= 0.6 is 0 Å². The molecule has 0 fully saturated rings. The van der Waals surface area contributed by atoms with Crippen molar-refractivity contribution < 1.29 is 4.79 Å². The molecule has 0 aliphatic carbocycles. The minimum atomic E-state index is -0.763. The molecule has 0 aliphatic heterocycles. The van der Waals surface area contributed by atoms with E-state index in [2.05, 4.69) is 24.4 Å². The molecule has 19 heavy (non-hydrogen) atoms. The van der Waals surface area contributed by atoms with Crippen molar-refractivity contribution in [2.75, 3.05) is 5.32 Å². The van der Waals surface area contributed by atoms with Crippen LogP contribution in [0, 0.1) is 0 Å². The van der Waals surface area contributed by atoms with Crippen LogP contribution in [0.2, 0.25) is 0 Å². The molecule has 0 heterocycles. The Labute approximate surface area is 116 Å². The van der Waals surface area contributed by atoms with Gasteiger partial charge in [0.15, 0.2) is 0 Å². The highest BCUT2D eigenvalue weighted by atomic mass is 16.2. The topological polar surface area (TPSA) is 55.1 Å². The van der Waals surface area contributed by atoms with E-state index in [1.807, 2.05) is 26.0 Å². The average Bonchev–Trinajstić information content (AvgIpc) is 2.45. The molecule has 0 saturated heterocycles. The normalized spacial score (nSPS) is 11.4. The van der Waals surface area contributed by atoms with Gasteiger partial charge in [-0.2, -0.15) is 0 Å². The number of hydrogen-bond acceptors (Lipinski definition) is 2. The van der Waals surface area contributed by atoms with Gasteiger partial charge in [-0.1, -0.05) is 39.3 Å². The van der Waals surface area contributed by atoms with E-state index in [9.17, 15) is 4.79 Å². The zero-order valence-corrected chi connectivity index (χ0v) is 12.3. The fourth-order valence-corrected chi connectivity index (χ4v) is 1.96. The summed E-state index contributed by atoms with van der Waals surface area (Å²) in [5.41, 5.74) is 7.44. The Morgan fingerprint density at radius 1 is 1.16 bits per heavy atom. The molecular formula is C16H26N2O. The van der Waals surface area contributed by atoms with Crippen LogP contribution in [0.1, 0.15) is 52.0 Å². The van der Waals surface area contributed by atoms with E-state index in [1.165, 1.54) is 18.4 Å². The SMILES string of the molecule is CCCCc1ccc(NC(=O)C(N)(CC)CC)cc1. The number of anilines is 1. The minimum Gasteiger partial charge on any atom is -0.324 e. The van der Waals surface area contributed by atoms with Gasteiger partial charge in [0.05, 0.1) is 5.54 Å². The summed E-state index contributed by atoms with van der Waals surface area (Å²) >= 11 is 0. The van der Waals surface area contributed by atoms with Crippen molar-refractivity contribution in [2.45, 2.75) is 58.4 Å². The molecule has 1 amide bonds. The van der Waals surface area contributed by atoms with Gasteiger partial charge >= 0.3 is 0 Å². The van der Waals surface area contributed by atoms with Crippen molar-refractivity contribution in [1.29, 1.82) is 0 Å². The van der Waals surface area contributed by atoms with Crippen molar-refractivity contribution in [3.05, 3.63) is 29.8 Å². The predicted molar refractivity (Wildman–Crippen MR) is 81.2 cm³/mol. The second-order valence-electron chi connectivity index (χ2n) is 5.12. The molecule has 1 rings (SSSR count). The Hall–Kier alpha value is -1.35. The van der Waals surface area contributed by atoms with Gasteiger partial charge in [-0.25, -0.2) is 0 Å². The standard InChI is InChI=1S/C16H26N2O/c1-4-7-8-13-9-11-14(12-10-13)18-15(19)16(17,5-2)6-3/h9-12H,4-8,17H2,1-3H3,(H,18,19). The summed E-state index contributed by atoms with van der Waals surface area (Å²) in [6.45, 7) is 6.07. The third-order valence-electron chi connectivity index (χ3n) is 3.74. The molecule has 3 nitrogen and oxygen atoms in total. The van der Waals surface area contributed by atoms with Crippen molar-refractivity contribution in [2.24, 2.45) is 5.73 Å². The maximum atomic E-state index is 12.1. The highest BCUT2D eigenvalue weighted by molar-refractivity contribution is 5.97. The zero-order chi connectivity index (χ0) is 14.3. The Bertz CT molecular complexity index is 394. The van der Waals surface area contributed by atoms with E-state index in [0.29, 0.717) is 12.8 Å². The van der Waals surface area contributed by atoms with E-state index < -0.39 is 5.54 Å². The number of benzene rings is 1. The molecule has 106 valence electrons. The third kappa shape index (κ3) is 4.35. The maximum Gasteiger partial charge on any atom is 0.244 e. The number of carbonyl (C=O) groups is 1. The third-order valence-corrected chi connectivity index (χ3v) is 3.74. The van der Waals surface area contributed by atoms with Crippen molar-refractivity contribution >= 4 is 11.6 Å². The Morgan fingerprint density at radius 3 is 2.21 bits per heavy atom. The minimum absolute atomic E-state index is 0.0983. The summed E-state index contributed by atoms with van der Waals surface area (Å²) in [6, 6.07) is 8.05. The Balaban J connectivity index is 2.65. The van der Waals surface area contributed by atoms with Crippen LogP contribution in [-0.2, 0) is 11.2 Å². The second-order valence-corrected chi connectivity index (χ2v) is 5.12. The predicted octanol–water partition coefficient (Wildman–Crippen LogP) is 3.49. The van der Waals surface area contributed by atoms with E-state index in [4.69, 9.17) is 5.73 Å². The molecule has 1 aromatic rings. The van der Waals surface area contributed by atoms with Gasteiger partial charge in [-0.15, -0.1) is 0 Å². The number of nitrogens with two attached hydrogens (primary N) is 1. The number of unbranched alkanes of at least 4 members (excludes halogenated alkanes) is 1. The van der Waals surface area contributed by atoms with E-state index in [-0.39, 0.29) is 5.91 Å². The smallest absolute Gasteiger partial charge is 0.244 e. The number of amides is 1. The monoisotopic (exact) mass is 262 g/mol. The number of aryl methyl sites for hydroxylation is 1. The summed E-state index contributed by atoms with van der Waals surface area (Å²) in [6.07, 6.45) is 4.77. The summed E-state index contributed by atoms with van der Waals surface area (Å²) < 4.78 is 0. The first-order chi connectivity index (χ1) is 9.05. The van der Waals surface area contributed by atoms with Crippen LogP contribution in [0.3, 0.4) is 0 Å². The first-order valence-corrected chi connectivity index (χ1v) is 7.25. The lowest BCUT2D eigenvalue weighted by Crippen LogP contribution is -2.50. The fraction of sp³-hybridized carbons (Fsp3) is 0.562. The lowest BCUT2D eigenvalue weighted by Gasteiger charge is -2.25.